The van der Waals surface area contributed by atoms with Crippen LogP contribution in [0.25, 0.3) is 0 Å². The number of hydrogen-bond acceptors (Lipinski definition) is 11. The van der Waals surface area contributed by atoms with Crippen molar-refractivity contribution in [3.8, 4) is 0 Å². The number of carboxylic acid groups (broad SMARTS) is 1. The van der Waals surface area contributed by atoms with E-state index in [1.54, 1.807) is 0 Å². The quantitative estimate of drug-likeness (QED) is 0.0228. The van der Waals surface area contributed by atoms with E-state index in [9.17, 15) is 34.5 Å². The Morgan fingerprint density at radius 2 is 0.840 bits per heavy atom. The van der Waals surface area contributed by atoms with Gasteiger partial charge in [-0.25, -0.2) is 4.79 Å². The number of carbonyl (C=O) groups is 4. The summed E-state index contributed by atoms with van der Waals surface area (Å²) < 4.78 is 28.4. The molecule has 3 N–H and O–H groups in total. The molecule has 0 bridgehead atoms. The zero-order valence-electron chi connectivity index (χ0n) is 47.8. The Kier molecular flexibility index (Phi) is 47.8. The van der Waals surface area contributed by atoms with E-state index < -0.39 is 67.3 Å². The van der Waals surface area contributed by atoms with Gasteiger partial charge in [-0.1, -0.05) is 230 Å². The molecular formula is C63H110O12. The average molecular weight is 1060 g/mol. The molecule has 0 aromatic rings. The van der Waals surface area contributed by atoms with E-state index in [1.807, 2.05) is 0 Å². The van der Waals surface area contributed by atoms with Crippen LogP contribution in [0.15, 0.2) is 48.6 Å². The van der Waals surface area contributed by atoms with Crippen molar-refractivity contribution < 1.29 is 58.2 Å². The lowest BCUT2D eigenvalue weighted by molar-refractivity contribution is -0.301. The lowest BCUT2D eigenvalue weighted by Gasteiger charge is -2.40. The van der Waals surface area contributed by atoms with Crippen molar-refractivity contribution in [2.24, 2.45) is 0 Å². The number of carbonyl (C=O) groups excluding carboxylic acids is 3. The monoisotopic (exact) mass is 1060 g/mol. The van der Waals surface area contributed by atoms with Gasteiger partial charge >= 0.3 is 23.9 Å². The number of allylic oxidation sites excluding steroid dienone is 8. The number of hydrogen-bond donors (Lipinski definition) is 3. The van der Waals surface area contributed by atoms with Gasteiger partial charge in [-0.3, -0.25) is 14.4 Å². The van der Waals surface area contributed by atoms with Gasteiger partial charge < -0.3 is 39.0 Å². The Balaban J connectivity index is 2.68. The first kappa shape index (κ1) is 69.7. The van der Waals surface area contributed by atoms with Crippen LogP contribution in [0, 0.1) is 0 Å². The standard InChI is InChI=1S/C63H110O12/c1-4-7-10-13-16-19-22-25-27-28-30-32-34-37-40-43-46-49-55(64)71-52-54(73-56(65)50-47-44-41-38-35-31-24-21-18-15-12-9-6-3)53-72-63-61(59(68)58(67)60(75-63)62(69)70)74-57(66)51-48-45-42-39-36-33-29-26-23-20-17-14-11-8-5-2/h9,12,18,21,25,27,31,35,54,58-61,63,67-68H,4-8,10-11,13-17,19-20,22-24,26,28-30,32-34,36-53H2,1-3H3,(H,69,70)/b12-9-,21-18-,27-25-,35-31-. The van der Waals surface area contributed by atoms with E-state index in [4.69, 9.17) is 23.7 Å². The minimum atomic E-state index is -1.90. The first-order chi connectivity index (χ1) is 36.6. The molecule has 6 unspecified atom stereocenters. The van der Waals surface area contributed by atoms with Crippen molar-refractivity contribution in [3.63, 3.8) is 0 Å². The third-order valence-electron chi connectivity index (χ3n) is 13.9. The van der Waals surface area contributed by atoms with Gasteiger partial charge in [-0.05, 0) is 77.0 Å². The van der Waals surface area contributed by atoms with Crippen LogP contribution in [0.4, 0.5) is 0 Å². The highest BCUT2D eigenvalue weighted by molar-refractivity contribution is 5.74. The van der Waals surface area contributed by atoms with Gasteiger partial charge in [-0.15, -0.1) is 0 Å². The summed E-state index contributed by atoms with van der Waals surface area (Å²) >= 11 is 0. The Morgan fingerprint density at radius 3 is 1.31 bits per heavy atom. The Labute approximate surface area is 456 Å². The minimum Gasteiger partial charge on any atom is -0.479 e. The van der Waals surface area contributed by atoms with Crippen molar-refractivity contribution >= 4 is 23.9 Å². The fraction of sp³-hybridized carbons (Fsp3) is 0.810. The summed E-state index contributed by atoms with van der Waals surface area (Å²) in [6.07, 6.45) is 49.4. The summed E-state index contributed by atoms with van der Waals surface area (Å²) in [7, 11) is 0. The van der Waals surface area contributed by atoms with Crippen LogP contribution < -0.4 is 0 Å². The largest absolute Gasteiger partial charge is 0.479 e. The van der Waals surface area contributed by atoms with Gasteiger partial charge in [0.2, 0.25) is 0 Å². The van der Waals surface area contributed by atoms with Crippen molar-refractivity contribution in [1.29, 1.82) is 0 Å². The van der Waals surface area contributed by atoms with Crippen LogP contribution in [0.2, 0.25) is 0 Å². The number of aliphatic carboxylic acids is 1. The first-order valence-electron chi connectivity index (χ1n) is 30.6. The highest BCUT2D eigenvalue weighted by Crippen LogP contribution is 2.27. The number of carboxylic acids is 1. The summed E-state index contributed by atoms with van der Waals surface area (Å²) in [4.78, 5) is 51.1. The van der Waals surface area contributed by atoms with Crippen molar-refractivity contribution in [2.45, 2.75) is 314 Å². The molecule has 1 rings (SSSR count). The molecule has 75 heavy (non-hydrogen) atoms. The number of ether oxygens (including phenoxy) is 5. The van der Waals surface area contributed by atoms with Crippen LogP contribution in [0.1, 0.15) is 278 Å². The molecule has 0 aromatic heterocycles. The molecular weight excluding hydrogens is 949 g/mol. The average Bonchev–Trinajstić information content (AvgIpc) is 3.39. The SMILES string of the molecule is CC/C=C\C/C=C\C/C=C\CCCCCC(=O)OC(COC(=O)CCCCCCCCC/C=C\CCCCCCCC)COC1OC(C(=O)O)C(O)C(O)C1OC(=O)CCCCCCCCCCCCCCCCC. The highest BCUT2D eigenvalue weighted by Gasteiger charge is 2.50. The summed E-state index contributed by atoms with van der Waals surface area (Å²) in [5.41, 5.74) is 0. The van der Waals surface area contributed by atoms with Crippen molar-refractivity contribution in [3.05, 3.63) is 48.6 Å². The number of esters is 3. The smallest absolute Gasteiger partial charge is 0.335 e. The normalized spacial score (nSPS) is 18.4. The van der Waals surface area contributed by atoms with Crippen LogP contribution in [0.5, 0.6) is 0 Å². The second-order valence-electron chi connectivity index (χ2n) is 21.0. The van der Waals surface area contributed by atoms with Gasteiger partial charge in [0.05, 0.1) is 6.61 Å². The molecule has 0 radical (unpaired) electrons. The summed E-state index contributed by atoms with van der Waals surface area (Å²) in [5, 5.41) is 31.5. The molecule has 434 valence electrons. The van der Waals surface area contributed by atoms with Crippen molar-refractivity contribution in [2.75, 3.05) is 13.2 Å². The molecule has 0 spiro atoms. The van der Waals surface area contributed by atoms with Gasteiger partial charge in [0, 0.05) is 19.3 Å². The minimum absolute atomic E-state index is 0.0604. The van der Waals surface area contributed by atoms with Gasteiger partial charge in [0.25, 0.3) is 0 Å². The van der Waals surface area contributed by atoms with Crippen LogP contribution in [-0.4, -0.2) is 89.2 Å². The first-order valence-corrected chi connectivity index (χ1v) is 30.6. The maximum atomic E-state index is 13.1. The molecule has 0 saturated carbocycles. The molecule has 12 heteroatoms. The lowest BCUT2D eigenvalue weighted by atomic mass is 9.98. The lowest BCUT2D eigenvalue weighted by Crippen LogP contribution is -2.61. The molecule has 1 aliphatic rings. The fourth-order valence-corrected chi connectivity index (χ4v) is 9.20. The predicted octanol–water partition coefficient (Wildman–Crippen LogP) is 15.8. The zero-order chi connectivity index (χ0) is 54.7. The number of aliphatic hydroxyl groups is 2. The molecule has 0 amide bonds. The summed E-state index contributed by atoms with van der Waals surface area (Å²) in [6, 6.07) is 0. The van der Waals surface area contributed by atoms with E-state index in [-0.39, 0.29) is 25.9 Å². The van der Waals surface area contributed by atoms with E-state index >= 15 is 0 Å². The van der Waals surface area contributed by atoms with E-state index in [1.165, 1.54) is 128 Å². The third-order valence-corrected chi connectivity index (χ3v) is 13.9. The Hall–Kier alpha value is -3.32. The highest BCUT2D eigenvalue weighted by atomic mass is 16.7. The molecule has 0 aromatic carbocycles. The second-order valence-corrected chi connectivity index (χ2v) is 21.0. The molecule has 1 fully saturated rings. The summed E-state index contributed by atoms with van der Waals surface area (Å²) in [6.45, 7) is 5.87. The number of rotatable bonds is 52. The van der Waals surface area contributed by atoms with E-state index in [0.717, 1.165) is 89.9 Å². The molecule has 1 aliphatic heterocycles. The molecule has 1 saturated heterocycles. The second kappa shape index (κ2) is 51.4. The Bertz CT molecular complexity index is 1490. The van der Waals surface area contributed by atoms with Crippen LogP contribution >= 0.6 is 0 Å². The maximum absolute atomic E-state index is 13.1. The molecule has 0 aliphatic carbocycles. The topological polar surface area (TPSA) is 175 Å². The van der Waals surface area contributed by atoms with Crippen molar-refractivity contribution in [1.82, 2.24) is 0 Å². The van der Waals surface area contributed by atoms with Gasteiger partial charge in [0.1, 0.15) is 18.8 Å². The Morgan fingerprint density at radius 1 is 0.453 bits per heavy atom. The summed E-state index contributed by atoms with van der Waals surface area (Å²) in [5.74, 6) is -3.14. The molecule has 12 nitrogen and oxygen atoms in total. The fourth-order valence-electron chi connectivity index (χ4n) is 9.20. The number of aliphatic hydroxyl groups excluding tert-OH is 2. The van der Waals surface area contributed by atoms with Crippen LogP contribution in [-0.2, 0) is 42.9 Å². The zero-order valence-corrected chi connectivity index (χ0v) is 47.8. The molecule has 1 heterocycles. The van der Waals surface area contributed by atoms with E-state index in [2.05, 4.69) is 69.4 Å². The molecule has 6 atom stereocenters. The number of unbranched alkanes of at least 4 members (excludes halogenated alkanes) is 30. The maximum Gasteiger partial charge on any atom is 0.335 e. The van der Waals surface area contributed by atoms with Gasteiger partial charge in [0.15, 0.2) is 24.6 Å². The predicted molar refractivity (Wildman–Crippen MR) is 303 cm³/mol. The van der Waals surface area contributed by atoms with Gasteiger partial charge in [-0.2, -0.15) is 0 Å². The third kappa shape index (κ3) is 41.5. The van der Waals surface area contributed by atoms with E-state index in [0.29, 0.717) is 19.3 Å². The van der Waals surface area contributed by atoms with Crippen LogP contribution in [0.3, 0.4) is 0 Å².